The minimum atomic E-state index is -0.155. The minimum absolute atomic E-state index is 0.155. The molecule has 0 radical (unpaired) electrons. The fourth-order valence-corrected chi connectivity index (χ4v) is 10.0. The molecule has 0 saturated heterocycles. The first-order chi connectivity index (χ1) is 28.2. The van der Waals surface area contributed by atoms with Gasteiger partial charge in [0.25, 0.3) is 0 Å². The molecule has 9 aromatic carbocycles. The van der Waals surface area contributed by atoms with E-state index in [0.717, 1.165) is 0 Å². The average molecular weight is 741 g/mol. The third-order valence-corrected chi connectivity index (χ3v) is 13.2. The molecule has 58 heavy (non-hydrogen) atoms. The van der Waals surface area contributed by atoms with Crippen molar-refractivity contribution in [1.29, 1.82) is 0 Å². The van der Waals surface area contributed by atoms with Crippen LogP contribution in [0, 0.1) is 0 Å². The Morgan fingerprint density at radius 1 is 0.224 bits per heavy atom. The summed E-state index contributed by atoms with van der Waals surface area (Å²) in [5.74, 6) is 0. The van der Waals surface area contributed by atoms with Crippen LogP contribution in [0.3, 0.4) is 0 Å². The molecule has 9 aromatic rings. The van der Waals surface area contributed by atoms with Crippen LogP contribution in [0.25, 0.3) is 88.7 Å². The topological polar surface area (TPSA) is 0 Å². The van der Waals surface area contributed by atoms with Gasteiger partial charge in [-0.3, -0.25) is 0 Å². The molecular weight excluding hydrogens is 697 g/mol. The molecule has 0 nitrogen and oxygen atoms in total. The second-order valence-electron chi connectivity index (χ2n) is 17.4. The molecule has 2 aliphatic rings. The van der Waals surface area contributed by atoms with Crippen LogP contribution < -0.4 is 0 Å². The maximum absolute atomic E-state index is 2.53. The fourth-order valence-electron chi connectivity index (χ4n) is 10.0. The molecule has 0 amide bonds. The van der Waals surface area contributed by atoms with Crippen LogP contribution in [0.1, 0.15) is 49.9 Å². The number of fused-ring (bicyclic) bond motifs is 7. The Kier molecular flexibility index (Phi) is 7.66. The zero-order chi connectivity index (χ0) is 39.2. The highest BCUT2D eigenvalue weighted by atomic mass is 14.4. The van der Waals surface area contributed by atoms with Crippen molar-refractivity contribution < 1.29 is 0 Å². The van der Waals surface area contributed by atoms with Crippen molar-refractivity contribution in [1.82, 2.24) is 0 Å². The summed E-state index contributed by atoms with van der Waals surface area (Å²) in [5, 5.41) is 2.53. The standard InChI is InChI=1S/C58H44/c1-57(2)53-33-42(46-29-44(37-16-8-5-9-17-37)28-45(30-46)38-18-10-6-11-19-38)24-26-47(53)51-35-56-52(36-55(51)57)48-27-25-43(34-54(48)58(56,3)4)50-32-41-23-15-14-22-40(41)31-49(50)39-20-12-7-13-21-39/h5-36H,1-4H3. The Hall–Kier alpha value is -6.76. The minimum Gasteiger partial charge on any atom is -0.0622 e. The van der Waals surface area contributed by atoms with E-state index in [1.54, 1.807) is 0 Å². The summed E-state index contributed by atoms with van der Waals surface area (Å²) in [5.41, 5.74) is 23.2. The predicted molar refractivity (Wildman–Crippen MR) is 246 cm³/mol. The first-order valence-corrected chi connectivity index (χ1v) is 20.6. The Morgan fingerprint density at radius 3 is 1.07 bits per heavy atom. The zero-order valence-corrected chi connectivity index (χ0v) is 33.5. The van der Waals surface area contributed by atoms with Crippen molar-refractivity contribution in [3.8, 4) is 77.9 Å². The van der Waals surface area contributed by atoms with E-state index in [2.05, 4.69) is 222 Å². The first kappa shape index (κ1) is 34.5. The molecule has 0 spiro atoms. The molecule has 0 heteroatoms. The molecule has 2 aliphatic carbocycles. The van der Waals surface area contributed by atoms with E-state index >= 15 is 0 Å². The Bertz CT molecular complexity index is 3010. The van der Waals surface area contributed by atoms with Crippen LogP contribution in [0.2, 0.25) is 0 Å². The number of hydrogen-bond donors (Lipinski definition) is 0. The van der Waals surface area contributed by atoms with Crippen LogP contribution in [0.5, 0.6) is 0 Å². The van der Waals surface area contributed by atoms with Crippen molar-refractivity contribution >= 4 is 10.8 Å². The molecule has 11 rings (SSSR count). The van der Waals surface area contributed by atoms with Gasteiger partial charge >= 0.3 is 0 Å². The second kappa shape index (κ2) is 12.9. The third kappa shape index (κ3) is 5.36. The summed E-state index contributed by atoms with van der Waals surface area (Å²) in [6, 6.07) is 72.4. The lowest BCUT2D eigenvalue weighted by Gasteiger charge is -2.24. The molecule has 0 fully saturated rings. The van der Waals surface area contributed by atoms with E-state index in [9.17, 15) is 0 Å². The van der Waals surface area contributed by atoms with Gasteiger partial charge in [-0.15, -0.1) is 0 Å². The normalized spacial score (nSPS) is 14.1. The van der Waals surface area contributed by atoms with Crippen LogP contribution in [0.15, 0.2) is 194 Å². The molecule has 0 unspecified atom stereocenters. The average Bonchev–Trinajstić information content (AvgIpc) is 3.64. The summed E-state index contributed by atoms with van der Waals surface area (Å²) in [6.07, 6.45) is 0. The number of rotatable bonds is 5. The highest BCUT2D eigenvalue weighted by molar-refractivity contribution is 5.98. The fraction of sp³-hybridized carbons (Fsp3) is 0.103. The van der Waals surface area contributed by atoms with Gasteiger partial charge < -0.3 is 0 Å². The van der Waals surface area contributed by atoms with Gasteiger partial charge in [0.1, 0.15) is 0 Å². The summed E-state index contributed by atoms with van der Waals surface area (Å²) < 4.78 is 0. The SMILES string of the molecule is CC1(C)c2cc(-c3cc(-c4ccccc4)cc(-c4ccccc4)c3)ccc2-c2cc3c(cc21)-c1ccc(-c2cc4ccccc4cc2-c2ccccc2)cc1C3(C)C. The van der Waals surface area contributed by atoms with Crippen molar-refractivity contribution in [3.63, 3.8) is 0 Å². The second-order valence-corrected chi connectivity index (χ2v) is 17.4. The summed E-state index contributed by atoms with van der Waals surface area (Å²) >= 11 is 0. The quantitative estimate of drug-likeness (QED) is 0.165. The van der Waals surface area contributed by atoms with Gasteiger partial charge in [-0.05, 0) is 166 Å². The van der Waals surface area contributed by atoms with Crippen molar-refractivity contribution in [3.05, 3.63) is 216 Å². The van der Waals surface area contributed by atoms with E-state index in [4.69, 9.17) is 0 Å². The van der Waals surface area contributed by atoms with Crippen molar-refractivity contribution in [2.75, 3.05) is 0 Å². The highest BCUT2D eigenvalue weighted by Crippen LogP contribution is 2.57. The molecule has 0 atom stereocenters. The van der Waals surface area contributed by atoms with Gasteiger partial charge in [-0.2, -0.15) is 0 Å². The molecule has 0 heterocycles. The van der Waals surface area contributed by atoms with Crippen molar-refractivity contribution in [2.45, 2.75) is 38.5 Å². The molecule has 276 valence electrons. The van der Waals surface area contributed by atoms with Crippen LogP contribution in [0.4, 0.5) is 0 Å². The molecule has 0 bridgehead atoms. The molecular formula is C58H44. The Labute approximate surface area is 342 Å². The Balaban J connectivity index is 1.01. The van der Waals surface area contributed by atoms with E-state index < -0.39 is 0 Å². The maximum atomic E-state index is 2.53. The Morgan fingerprint density at radius 2 is 0.586 bits per heavy atom. The maximum Gasteiger partial charge on any atom is 0.0159 e. The first-order valence-electron chi connectivity index (χ1n) is 20.6. The van der Waals surface area contributed by atoms with Crippen LogP contribution in [-0.4, -0.2) is 0 Å². The van der Waals surface area contributed by atoms with E-state index in [1.165, 1.54) is 111 Å². The summed E-state index contributed by atoms with van der Waals surface area (Å²) in [7, 11) is 0. The zero-order valence-electron chi connectivity index (χ0n) is 33.5. The smallest absolute Gasteiger partial charge is 0.0159 e. The summed E-state index contributed by atoms with van der Waals surface area (Å²) in [6.45, 7) is 9.66. The highest BCUT2D eigenvalue weighted by Gasteiger charge is 2.42. The van der Waals surface area contributed by atoms with Gasteiger partial charge in [0.2, 0.25) is 0 Å². The lowest BCUT2D eigenvalue weighted by Crippen LogP contribution is -2.17. The largest absolute Gasteiger partial charge is 0.0622 e. The number of hydrogen-bond acceptors (Lipinski definition) is 0. The molecule has 0 N–H and O–H groups in total. The molecule has 0 aliphatic heterocycles. The summed E-state index contributed by atoms with van der Waals surface area (Å²) in [4.78, 5) is 0. The van der Waals surface area contributed by atoms with E-state index in [1.807, 2.05) is 0 Å². The lowest BCUT2D eigenvalue weighted by molar-refractivity contribution is 0.652. The number of benzene rings is 9. The molecule has 0 aromatic heterocycles. The van der Waals surface area contributed by atoms with Gasteiger partial charge in [0, 0.05) is 10.8 Å². The predicted octanol–water partition coefficient (Wildman–Crippen LogP) is 15.8. The van der Waals surface area contributed by atoms with Gasteiger partial charge in [-0.1, -0.05) is 167 Å². The van der Waals surface area contributed by atoms with Gasteiger partial charge in [0.15, 0.2) is 0 Å². The van der Waals surface area contributed by atoms with Crippen LogP contribution >= 0.6 is 0 Å². The third-order valence-electron chi connectivity index (χ3n) is 13.2. The van der Waals surface area contributed by atoms with Gasteiger partial charge in [0.05, 0.1) is 0 Å². The van der Waals surface area contributed by atoms with Crippen molar-refractivity contribution in [2.24, 2.45) is 0 Å². The van der Waals surface area contributed by atoms with Gasteiger partial charge in [-0.25, -0.2) is 0 Å². The monoisotopic (exact) mass is 740 g/mol. The lowest BCUT2D eigenvalue weighted by atomic mass is 9.78. The van der Waals surface area contributed by atoms with E-state index in [-0.39, 0.29) is 10.8 Å². The molecule has 0 saturated carbocycles. The van der Waals surface area contributed by atoms with Crippen LogP contribution in [-0.2, 0) is 10.8 Å². The van der Waals surface area contributed by atoms with E-state index in [0.29, 0.717) is 0 Å².